The number of rotatable bonds is 27. The average Bonchev–Trinajstić information content (AvgIpc) is 3.03. The molecule has 4 heteroatoms. The van der Waals surface area contributed by atoms with Crippen molar-refractivity contribution in [2.24, 2.45) is 0 Å². The molecule has 0 bridgehead atoms. The summed E-state index contributed by atoms with van der Waals surface area (Å²) in [5, 5.41) is 2.77. The van der Waals surface area contributed by atoms with Crippen LogP contribution in [0.3, 0.4) is 0 Å². The van der Waals surface area contributed by atoms with Gasteiger partial charge >= 0.3 is 0 Å². The second-order valence-corrected chi connectivity index (χ2v) is 18.1. The summed E-state index contributed by atoms with van der Waals surface area (Å²) >= 11 is 0. The monoisotopic (exact) mass is 624 g/mol. The Morgan fingerprint density at radius 1 is 0.500 bits per heavy atom. The van der Waals surface area contributed by atoms with Crippen LogP contribution in [-0.4, -0.2) is 34.4 Å². The summed E-state index contributed by atoms with van der Waals surface area (Å²) in [7, 11) is -2.42. The first-order valence-electron chi connectivity index (χ1n) is 18.4. The quantitative estimate of drug-likeness (QED) is 0.0562. The topological polar surface area (TPSA) is 27.7 Å². The van der Waals surface area contributed by atoms with Crippen LogP contribution in [0.25, 0.3) is 0 Å². The zero-order valence-corrected chi connectivity index (χ0v) is 30.4. The molecule has 0 aliphatic rings. The molecule has 0 aromatic heterocycles. The highest BCUT2D eigenvalue weighted by molar-refractivity contribution is 6.99. The van der Waals surface area contributed by atoms with Crippen LogP contribution in [0.2, 0.25) is 5.04 Å². The Bertz CT molecular complexity index is 854. The normalized spacial score (nSPS) is 12.3. The van der Waals surface area contributed by atoms with E-state index in [0.29, 0.717) is 0 Å². The molecule has 2 aromatic carbocycles. The SMILES string of the molecule is CCCCCCCCOC(CCCCCCCO[Si](c1ccccc1)(c1ccccc1)C(C)(C)C)OCCCCCCCC. The van der Waals surface area contributed by atoms with Gasteiger partial charge in [-0.2, -0.15) is 0 Å². The molecule has 0 atom stereocenters. The standard InChI is InChI=1S/C40H68O3Si/c1-6-8-10-12-16-26-34-41-39(42-35-27-17-13-11-9-7-2)33-25-15-14-18-28-36-43-44(40(3,4)5,37-29-21-19-22-30-37)38-31-23-20-24-32-38/h19-24,29-32,39H,6-18,25-28,33-36H2,1-5H3. The minimum Gasteiger partial charge on any atom is -0.407 e. The van der Waals surface area contributed by atoms with Crippen LogP contribution < -0.4 is 10.4 Å². The lowest BCUT2D eigenvalue weighted by molar-refractivity contribution is -0.148. The first kappa shape index (κ1) is 38.7. The first-order chi connectivity index (χ1) is 21.5. The summed E-state index contributed by atoms with van der Waals surface area (Å²) in [5.41, 5.74) is 0. The third-order valence-corrected chi connectivity index (χ3v) is 14.0. The lowest BCUT2D eigenvalue weighted by Crippen LogP contribution is -2.66. The molecule has 0 saturated heterocycles. The van der Waals surface area contributed by atoms with Gasteiger partial charge in [-0.25, -0.2) is 0 Å². The van der Waals surface area contributed by atoms with E-state index < -0.39 is 8.32 Å². The molecule has 0 saturated carbocycles. The fourth-order valence-electron chi connectivity index (χ4n) is 6.34. The van der Waals surface area contributed by atoms with Crippen LogP contribution in [0.15, 0.2) is 60.7 Å². The zero-order valence-electron chi connectivity index (χ0n) is 29.4. The Morgan fingerprint density at radius 3 is 1.32 bits per heavy atom. The fraction of sp³-hybridized carbons (Fsp3) is 0.700. The molecule has 0 aliphatic heterocycles. The van der Waals surface area contributed by atoms with Gasteiger partial charge in [0.1, 0.15) is 0 Å². The highest BCUT2D eigenvalue weighted by atomic mass is 28.4. The number of hydrogen-bond acceptors (Lipinski definition) is 3. The Kier molecular flexibility index (Phi) is 21.0. The maximum atomic E-state index is 7.08. The molecule has 0 N–H and O–H groups in total. The van der Waals surface area contributed by atoms with Crippen molar-refractivity contribution in [2.75, 3.05) is 19.8 Å². The smallest absolute Gasteiger partial charge is 0.261 e. The molecule has 0 unspecified atom stereocenters. The van der Waals surface area contributed by atoms with E-state index in [9.17, 15) is 0 Å². The summed E-state index contributed by atoms with van der Waals surface area (Å²) in [5.74, 6) is 0. The summed E-state index contributed by atoms with van der Waals surface area (Å²) in [4.78, 5) is 0. The Morgan fingerprint density at radius 2 is 0.886 bits per heavy atom. The van der Waals surface area contributed by atoms with E-state index in [4.69, 9.17) is 13.9 Å². The van der Waals surface area contributed by atoms with E-state index >= 15 is 0 Å². The van der Waals surface area contributed by atoms with Gasteiger partial charge in [0.05, 0.1) is 0 Å². The third-order valence-electron chi connectivity index (χ3n) is 8.92. The summed E-state index contributed by atoms with van der Waals surface area (Å²) in [6, 6.07) is 22.0. The van der Waals surface area contributed by atoms with Crippen molar-refractivity contribution in [3.8, 4) is 0 Å². The molecule has 2 aromatic rings. The predicted molar refractivity (Wildman–Crippen MR) is 194 cm³/mol. The van der Waals surface area contributed by atoms with Gasteiger partial charge in [-0.1, -0.05) is 179 Å². The molecule has 0 heterocycles. The third kappa shape index (κ3) is 14.8. The van der Waals surface area contributed by atoms with Crippen molar-refractivity contribution >= 4 is 18.7 Å². The molecule has 0 amide bonds. The van der Waals surface area contributed by atoms with Crippen molar-refractivity contribution in [1.82, 2.24) is 0 Å². The van der Waals surface area contributed by atoms with Gasteiger partial charge in [-0.05, 0) is 47.5 Å². The lowest BCUT2D eigenvalue weighted by Gasteiger charge is -2.43. The van der Waals surface area contributed by atoms with Crippen LogP contribution in [0.4, 0.5) is 0 Å². The van der Waals surface area contributed by atoms with E-state index in [1.165, 1.54) is 100 Å². The van der Waals surface area contributed by atoms with Crippen LogP contribution in [-0.2, 0) is 13.9 Å². The number of benzene rings is 2. The summed E-state index contributed by atoms with van der Waals surface area (Å²) in [6.45, 7) is 14.1. The number of hydrogen-bond donors (Lipinski definition) is 0. The second-order valence-electron chi connectivity index (χ2n) is 13.8. The maximum Gasteiger partial charge on any atom is 0.261 e. The van der Waals surface area contributed by atoms with Gasteiger partial charge in [0.25, 0.3) is 8.32 Å². The van der Waals surface area contributed by atoms with Crippen molar-refractivity contribution in [3.05, 3.63) is 60.7 Å². The minimum absolute atomic E-state index is 0.0280. The van der Waals surface area contributed by atoms with Crippen LogP contribution in [0, 0.1) is 0 Å². The molecule has 44 heavy (non-hydrogen) atoms. The molecule has 0 radical (unpaired) electrons. The average molecular weight is 625 g/mol. The number of ether oxygens (including phenoxy) is 2. The lowest BCUT2D eigenvalue weighted by atomic mass is 10.1. The van der Waals surface area contributed by atoms with E-state index in [2.05, 4.69) is 95.3 Å². The minimum atomic E-state index is -2.42. The zero-order chi connectivity index (χ0) is 31.8. The molecular formula is C40H68O3Si. The van der Waals surface area contributed by atoms with E-state index in [0.717, 1.165) is 45.5 Å². The number of unbranched alkanes of at least 4 members (excludes halogenated alkanes) is 14. The Hall–Kier alpha value is -1.46. The van der Waals surface area contributed by atoms with Gasteiger partial charge in [0, 0.05) is 19.8 Å². The second kappa shape index (κ2) is 23.8. The van der Waals surface area contributed by atoms with Gasteiger partial charge in [-0.15, -0.1) is 0 Å². The van der Waals surface area contributed by atoms with Gasteiger partial charge in [-0.3, -0.25) is 0 Å². The van der Waals surface area contributed by atoms with Crippen molar-refractivity contribution < 1.29 is 13.9 Å². The van der Waals surface area contributed by atoms with Crippen molar-refractivity contribution in [3.63, 3.8) is 0 Å². The molecule has 0 fully saturated rings. The Balaban J connectivity index is 1.77. The largest absolute Gasteiger partial charge is 0.407 e. The molecule has 0 aliphatic carbocycles. The molecule has 250 valence electrons. The highest BCUT2D eigenvalue weighted by Crippen LogP contribution is 2.36. The molecule has 2 rings (SSSR count). The van der Waals surface area contributed by atoms with Gasteiger partial charge in [0.2, 0.25) is 0 Å². The Labute approximate surface area is 274 Å². The van der Waals surface area contributed by atoms with Crippen LogP contribution in [0.5, 0.6) is 0 Å². The maximum absolute atomic E-state index is 7.08. The van der Waals surface area contributed by atoms with Crippen molar-refractivity contribution in [2.45, 2.75) is 162 Å². The first-order valence-corrected chi connectivity index (χ1v) is 20.3. The van der Waals surface area contributed by atoms with Crippen LogP contribution in [0.1, 0.15) is 150 Å². The van der Waals surface area contributed by atoms with E-state index in [1.54, 1.807) is 0 Å². The van der Waals surface area contributed by atoms with E-state index in [1.807, 2.05) is 0 Å². The van der Waals surface area contributed by atoms with Gasteiger partial charge < -0.3 is 13.9 Å². The van der Waals surface area contributed by atoms with Crippen LogP contribution >= 0.6 is 0 Å². The van der Waals surface area contributed by atoms with E-state index in [-0.39, 0.29) is 11.3 Å². The summed E-state index contributed by atoms with van der Waals surface area (Å²) in [6.07, 6.45) is 22.5. The predicted octanol–water partition coefficient (Wildman–Crippen LogP) is 11.0. The fourth-order valence-corrected chi connectivity index (χ4v) is 10.9. The molecule has 0 spiro atoms. The van der Waals surface area contributed by atoms with Crippen molar-refractivity contribution in [1.29, 1.82) is 0 Å². The molecule has 3 nitrogen and oxygen atoms in total. The highest BCUT2D eigenvalue weighted by Gasteiger charge is 2.49. The molecular weight excluding hydrogens is 557 g/mol. The van der Waals surface area contributed by atoms with Gasteiger partial charge in [0.15, 0.2) is 6.29 Å². The summed E-state index contributed by atoms with van der Waals surface area (Å²) < 4.78 is 19.6.